The van der Waals surface area contributed by atoms with Crippen LogP contribution in [0.1, 0.15) is 5.56 Å². The molecular formula is C16H13ClFN3O2S2. The summed E-state index contributed by atoms with van der Waals surface area (Å²) >= 11 is 6.74. The van der Waals surface area contributed by atoms with E-state index in [1.807, 2.05) is 0 Å². The van der Waals surface area contributed by atoms with Gasteiger partial charge in [-0.05, 0) is 42.0 Å². The SMILES string of the molecule is O=S(=O)(Nc1ccc(NCc2ccc(F)cc2)cn1)c1ccc(Cl)s1. The van der Waals surface area contributed by atoms with Gasteiger partial charge in [0, 0.05) is 6.54 Å². The molecule has 0 unspecified atom stereocenters. The summed E-state index contributed by atoms with van der Waals surface area (Å²) < 4.78 is 40.2. The minimum Gasteiger partial charge on any atom is -0.380 e. The fourth-order valence-corrected chi connectivity index (χ4v) is 4.49. The van der Waals surface area contributed by atoms with Crippen molar-refractivity contribution >= 4 is 44.5 Å². The first-order valence-corrected chi connectivity index (χ1v) is 9.83. The Labute approximate surface area is 153 Å². The van der Waals surface area contributed by atoms with Gasteiger partial charge in [0.25, 0.3) is 10.0 Å². The topological polar surface area (TPSA) is 71.1 Å². The summed E-state index contributed by atoms with van der Waals surface area (Å²) in [5.74, 6) is -0.0778. The van der Waals surface area contributed by atoms with Crippen LogP contribution in [0.15, 0.2) is 58.9 Å². The summed E-state index contributed by atoms with van der Waals surface area (Å²) in [6.45, 7) is 0.501. The molecule has 0 aliphatic heterocycles. The quantitative estimate of drug-likeness (QED) is 0.648. The number of halogens is 2. The molecule has 2 aromatic heterocycles. The van der Waals surface area contributed by atoms with Crippen LogP contribution < -0.4 is 10.0 Å². The molecule has 0 fully saturated rings. The van der Waals surface area contributed by atoms with E-state index in [0.29, 0.717) is 16.6 Å². The van der Waals surface area contributed by atoms with E-state index < -0.39 is 10.0 Å². The van der Waals surface area contributed by atoms with Crippen LogP contribution in [-0.4, -0.2) is 13.4 Å². The molecule has 0 bridgehead atoms. The Morgan fingerprint density at radius 3 is 2.44 bits per heavy atom. The summed E-state index contributed by atoms with van der Waals surface area (Å²) in [5, 5.41) is 3.13. The summed E-state index contributed by atoms with van der Waals surface area (Å²) in [7, 11) is -3.70. The van der Waals surface area contributed by atoms with Crippen LogP contribution in [0, 0.1) is 5.82 Å². The summed E-state index contributed by atoms with van der Waals surface area (Å²) in [6.07, 6.45) is 1.52. The van der Waals surface area contributed by atoms with Crippen LogP contribution in [0.4, 0.5) is 15.9 Å². The Morgan fingerprint density at radius 2 is 1.84 bits per heavy atom. The highest BCUT2D eigenvalue weighted by molar-refractivity contribution is 7.94. The second kappa shape index (κ2) is 7.38. The Morgan fingerprint density at radius 1 is 1.08 bits per heavy atom. The van der Waals surface area contributed by atoms with E-state index in [4.69, 9.17) is 11.6 Å². The Bertz CT molecular complexity index is 958. The van der Waals surface area contributed by atoms with Gasteiger partial charge in [0.05, 0.1) is 16.2 Å². The van der Waals surface area contributed by atoms with Crippen molar-refractivity contribution in [1.82, 2.24) is 4.98 Å². The normalized spacial score (nSPS) is 11.3. The van der Waals surface area contributed by atoms with Crippen molar-refractivity contribution in [2.24, 2.45) is 0 Å². The number of rotatable bonds is 6. The lowest BCUT2D eigenvalue weighted by molar-refractivity contribution is 0.603. The zero-order valence-electron chi connectivity index (χ0n) is 12.7. The van der Waals surface area contributed by atoms with Crippen molar-refractivity contribution < 1.29 is 12.8 Å². The fraction of sp³-hybridized carbons (Fsp3) is 0.0625. The monoisotopic (exact) mass is 397 g/mol. The molecule has 0 spiro atoms. The van der Waals surface area contributed by atoms with E-state index >= 15 is 0 Å². The maximum Gasteiger partial charge on any atom is 0.272 e. The average molecular weight is 398 g/mol. The van der Waals surface area contributed by atoms with E-state index in [0.717, 1.165) is 16.9 Å². The van der Waals surface area contributed by atoms with Gasteiger partial charge in [0.15, 0.2) is 0 Å². The average Bonchev–Trinajstić information content (AvgIpc) is 3.03. The number of hydrogen-bond donors (Lipinski definition) is 2. The number of pyridine rings is 1. The molecule has 1 aromatic carbocycles. The number of sulfonamides is 1. The lowest BCUT2D eigenvalue weighted by Crippen LogP contribution is -2.12. The number of hydrogen-bond acceptors (Lipinski definition) is 5. The van der Waals surface area contributed by atoms with Crippen LogP contribution in [-0.2, 0) is 16.6 Å². The molecule has 5 nitrogen and oxygen atoms in total. The number of aromatic nitrogens is 1. The Hall–Kier alpha value is -2.16. The standard InChI is InChI=1S/C16H13ClFN3O2S2/c17-14-6-8-16(24-14)25(22,23)21-15-7-5-13(10-20-15)19-9-11-1-3-12(18)4-2-11/h1-8,10,19H,9H2,(H,20,21). The molecular weight excluding hydrogens is 385 g/mol. The molecule has 2 N–H and O–H groups in total. The van der Waals surface area contributed by atoms with Gasteiger partial charge in [-0.3, -0.25) is 4.72 Å². The second-order valence-electron chi connectivity index (χ2n) is 5.08. The first-order chi connectivity index (χ1) is 11.9. The summed E-state index contributed by atoms with van der Waals surface area (Å²) in [6, 6.07) is 12.4. The zero-order chi connectivity index (χ0) is 17.9. The molecule has 0 radical (unpaired) electrons. The summed E-state index contributed by atoms with van der Waals surface area (Å²) in [5.41, 5.74) is 1.63. The van der Waals surface area contributed by atoms with E-state index in [-0.39, 0.29) is 15.8 Å². The van der Waals surface area contributed by atoms with Gasteiger partial charge in [-0.2, -0.15) is 0 Å². The van der Waals surface area contributed by atoms with Gasteiger partial charge in [-0.25, -0.2) is 17.8 Å². The molecule has 0 saturated carbocycles. The fourth-order valence-electron chi connectivity index (χ4n) is 2.00. The zero-order valence-corrected chi connectivity index (χ0v) is 15.1. The smallest absolute Gasteiger partial charge is 0.272 e. The minimum absolute atomic E-state index is 0.123. The van der Waals surface area contributed by atoms with Crippen LogP contribution in [0.3, 0.4) is 0 Å². The second-order valence-corrected chi connectivity index (χ2v) is 8.70. The molecule has 0 aliphatic carbocycles. The first kappa shape index (κ1) is 17.7. The Balaban J connectivity index is 1.63. The molecule has 130 valence electrons. The lowest BCUT2D eigenvalue weighted by atomic mass is 10.2. The van der Waals surface area contributed by atoms with Crippen molar-refractivity contribution in [2.45, 2.75) is 10.8 Å². The molecule has 2 heterocycles. The number of nitrogens with zero attached hydrogens (tertiary/aromatic N) is 1. The highest BCUT2D eigenvalue weighted by atomic mass is 35.5. The highest BCUT2D eigenvalue weighted by Gasteiger charge is 2.17. The van der Waals surface area contributed by atoms with E-state index in [1.165, 1.54) is 30.5 Å². The molecule has 0 aliphatic rings. The molecule has 0 saturated heterocycles. The van der Waals surface area contributed by atoms with Crippen molar-refractivity contribution in [3.05, 3.63) is 70.4 Å². The molecule has 9 heteroatoms. The number of benzene rings is 1. The van der Waals surface area contributed by atoms with Crippen LogP contribution in [0.2, 0.25) is 4.34 Å². The largest absolute Gasteiger partial charge is 0.380 e. The third kappa shape index (κ3) is 4.68. The van der Waals surface area contributed by atoms with Crippen molar-refractivity contribution in [3.63, 3.8) is 0 Å². The number of thiophene rings is 1. The van der Waals surface area contributed by atoms with Gasteiger partial charge in [0.2, 0.25) is 0 Å². The maximum atomic E-state index is 12.9. The van der Waals surface area contributed by atoms with Crippen LogP contribution in [0.5, 0.6) is 0 Å². The van der Waals surface area contributed by atoms with Crippen molar-refractivity contribution in [2.75, 3.05) is 10.0 Å². The van der Waals surface area contributed by atoms with E-state index in [9.17, 15) is 12.8 Å². The molecule has 0 amide bonds. The Kier molecular flexibility index (Phi) is 5.22. The predicted octanol–water partition coefficient (Wildman–Crippen LogP) is 4.35. The van der Waals surface area contributed by atoms with E-state index in [1.54, 1.807) is 24.3 Å². The van der Waals surface area contributed by atoms with Crippen LogP contribution in [0.25, 0.3) is 0 Å². The van der Waals surface area contributed by atoms with Crippen molar-refractivity contribution in [3.8, 4) is 0 Å². The maximum absolute atomic E-state index is 12.9. The first-order valence-electron chi connectivity index (χ1n) is 7.15. The molecule has 0 atom stereocenters. The molecule has 3 rings (SSSR count). The number of anilines is 2. The van der Waals surface area contributed by atoms with Gasteiger partial charge >= 0.3 is 0 Å². The predicted molar refractivity (Wildman–Crippen MR) is 98.1 cm³/mol. The molecule has 25 heavy (non-hydrogen) atoms. The van der Waals surface area contributed by atoms with E-state index in [2.05, 4.69) is 15.0 Å². The van der Waals surface area contributed by atoms with Gasteiger partial charge in [-0.1, -0.05) is 23.7 Å². The van der Waals surface area contributed by atoms with Gasteiger partial charge in [-0.15, -0.1) is 11.3 Å². The molecule has 3 aromatic rings. The third-order valence-electron chi connectivity index (χ3n) is 3.23. The minimum atomic E-state index is -3.70. The lowest BCUT2D eigenvalue weighted by Gasteiger charge is -2.08. The van der Waals surface area contributed by atoms with Gasteiger partial charge in [0.1, 0.15) is 15.8 Å². The van der Waals surface area contributed by atoms with Crippen LogP contribution >= 0.6 is 22.9 Å². The number of nitrogens with one attached hydrogen (secondary N) is 2. The van der Waals surface area contributed by atoms with Gasteiger partial charge < -0.3 is 5.32 Å². The van der Waals surface area contributed by atoms with Crippen molar-refractivity contribution in [1.29, 1.82) is 0 Å². The summed E-state index contributed by atoms with van der Waals surface area (Å²) in [4.78, 5) is 4.08. The third-order valence-corrected chi connectivity index (χ3v) is 6.30. The highest BCUT2D eigenvalue weighted by Crippen LogP contribution is 2.27.